The Morgan fingerprint density at radius 1 is 1.00 bits per heavy atom. The van der Waals surface area contributed by atoms with Crippen LogP contribution in [0.25, 0.3) is 10.2 Å². The Bertz CT molecular complexity index is 1380. The first-order chi connectivity index (χ1) is 19.0. The van der Waals surface area contributed by atoms with Crippen LogP contribution >= 0.6 is 24.0 Å². The number of fused-ring (bicyclic) bond motifs is 1. The maximum Gasteiger partial charge on any atom is 0.180 e. The van der Waals surface area contributed by atoms with E-state index in [0.29, 0.717) is 18.0 Å². The largest absolute Gasteiger partial charge is 0.497 e. The fourth-order valence-corrected chi connectivity index (χ4v) is 4.85. The Balaban J connectivity index is 0.000000391. The minimum atomic E-state index is -0.327. The van der Waals surface area contributed by atoms with Crippen molar-refractivity contribution in [3.63, 3.8) is 0 Å². The van der Waals surface area contributed by atoms with E-state index in [1.165, 1.54) is 0 Å². The lowest BCUT2D eigenvalue weighted by atomic mass is 10.1. The lowest BCUT2D eigenvalue weighted by Gasteiger charge is -2.26. The van der Waals surface area contributed by atoms with Crippen molar-refractivity contribution < 1.29 is 14.2 Å². The van der Waals surface area contributed by atoms with Crippen LogP contribution in [0.2, 0.25) is 0 Å². The van der Waals surface area contributed by atoms with Crippen molar-refractivity contribution in [2.75, 3.05) is 25.7 Å². The number of nitrogen functional groups attached to an aromatic ring is 2. The maximum atomic E-state index is 5.96. The van der Waals surface area contributed by atoms with Gasteiger partial charge in [0.05, 0.1) is 30.5 Å². The van der Waals surface area contributed by atoms with Gasteiger partial charge in [-0.15, -0.1) is 24.0 Å². The Labute approximate surface area is 248 Å². The van der Waals surface area contributed by atoms with E-state index < -0.39 is 0 Å². The molecule has 4 aromatic rings. The fraction of sp³-hybridized carbons (Fsp3) is 0.323. The van der Waals surface area contributed by atoms with Crippen molar-refractivity contribution in [2.45, 2.75) is 57.6 Å². The molecule has 216 valence electrons. The first kappa shape index (κ1) is 32.7. The highest BCUT2D eigenvalue weighted by Gasteiger charge is 2.21. The molecule has 0 aliphatic rings. The molecule has 1 atom stereocenters. The second kappa shape index (κ2) is 15.3. The van der Waals surface area contributed by atoms with Crippen LogP contribution in [-0.2, 0) is 11.2 Å². The summed E-state index contributed by atoms with van der Waals surface area (Å²) in [5.41, 5.74) is 14.6. The van der Waals surface area contributed by atoms with Gasteiger partial charge in [-0.25, -0.2) is 4.98 Å². The first-order valence-electron chi connectivity index (χ1n) is 13.0. The van der Waals surface area contributed by atoms with Crippen LogP contribution in [0.5, 0.6) is 11.5 Å². The van der Waals surface area contributed by atoms with Crippen LogP contribution in [0, 0.1) is 0 Å². The number of nitrogens with one attached hydrogen (secondary N) is 1. The van der Waals surface area contributed by atoms with Gasteiger partial charge in [-0.2, -0.15) is 0 Å². The van der Waals surface area contributed by atoms with Gasteiger partial charge in [-0.05, 0) is 87.9 Å². The van der Waals surface area contributed by atoms with E-state index in [1.807, 2.05) is 71.0 Å². The molecule has 9 heteroatoms. The Morgan fingerprint density at radius 3 is 2.25 bits per heavy atom. The zero-order chi connectivity index (χ0) is 29.9. The third kappa shape index (κ3) is 10.2. The predicted molar refractivity (Wildman–Crippen MR) is 173 cm³/mol. The highest BCUT2D eigenvalue weighted by molar-refractivity contribution is 7.80. The van der Waals surface area contributed by atoms with Gasteiger partial charge in [0.1, 0.15) is 22.1 Å². The molecular weight excluding hydrogens is 541 g/mol. The minimum Gasteiger partial charge on any atom is -0.497 e. The molecular formula is C31H42N4O3S2. The lowest BCUT2D eigenvalue weighted by molar-refractivity contribution is 0.0383. The molecule has 1 unspecified atom stereocenters. The Kier molecular flexibility index (Phi) is 12.5. The quantitative estimate of drug-likeness (QED) is 0.0961. The summed E-state index contributed by atoms with van der Waals surface area (Å²) in [6.45, 7) is 14.0. The monoisotopic (exact) mass is 582 g/mol. The van der Waals surface area contributed by atoms with Crippen molar-refractivity contribution in [3.8, 4) is 11.5 Å². The molecule has 4 rings (SSSR count). The lowest BCUT2D eigenvalue weighted by Crippen LogP contribution is -2.29. The molecule has 0 saturated carbocycles. The molecule has 5 N–H and O–H groups in total. The molecule has 7 nitrogen and oxygen atoms in total. The molecule has 1 aromatic heterocycles. The maximum absolute atomic E-state index is 5.96. The zero-order valence-electron chi connectivity index (χ0n) is 24.4. The summed E-state index contributed by atoms with van der Waals surface area (Å²) in [6, 6.07) is 19.1. The van der Waals surface area contributed by atoms with E-state index in [-0.39, 0.29) is 11.6 Å². The number of methoxy groups -OCH3 is 2. The average Bonchev–Trinajstić information content (AvgIpc) is 3.34. The molecule has 0 fully saturated rings. The van der Waals surface area contributed by atoms with Crippen LogP contribution < -0.4 is 26.3 Å². The molecule has 0 aliphatic carbocycles. The number of aromatic nitrogens is 1. The molecule has 0 aliphatic heterocycles. The van der Waals surface area contributed by atoms with E-state index in [1.54, 1.807) is 43.8 Å². The summed E-state index contributed by atoms with van der Waals surface area (Å²) >= 11 is 5.75. The number of nitrogens with zero attached hydrogens (tertiary/aromatic N) is 1. The van der Waals surface area contributed by atoms with Gasteiger partial charge in [0.15, 0.2) is 5.88 Å². The number of anilines is 2. The second-order valence-corrected chi connectivity index (χ2v) is 11.1. The third-order valence-corrected chi connectivity index (χ3v) is 6.82. The highest BCUT2D eigenvalue weighted by Crippen LogP contribution is 2.32. The number of nitrogens with two attached hydrogens (primary N) is 2. The van der Waals surface area contributed by atoms with Gasteiger partial charge in [0.25, 0.3) is 0 Å². The van der Waals surface area contributed by atoms with Crippen molar-refractivity contribution in [3.05, 3.63) is 83.7 Å². The number of rotatable bonds is 8. The minimum absolute atomic E-state index is 0.0833. The van der Waals surface area contributed by atoms with Crippen LogP contribution in [-0.4, -0.2) is 24.8 Å². The van der Waals surface area contributed by atoms with Gasteiger partial charge in [0, 0.05) is 16.3 Å². The molecule has 0 radical (unpaired) electrons. The Morgan fingerprint density at radius 2 is 1.65 bits per heavy atom. The van der Waals surface area contributed by atoms with Gasteiger partial charge in [-0.1, -0.05) is 26.0 Å². The van der Waals surface area contributed by atoms with Gasteiger partial charge in [-0.3, -0.25) is 0 Å². The van der Waals surface area contributed by atoms with Gasteiger partial charge < -0.3 is 31.0 Å². The second-order valence-electron chi connectivity index (χ2n) is 9.59. The summed E-state index contributed by atoms with van der Waals surface area (Å²) in [6.07, 6.45) is 0.717. The van der Waals surface area contributed by atoms with E-state index >= 15 is 0 Å². The smallest absolute Gasteiger partial charge is 0.180 e. The summed E-state index contributed by atoms with van der Waals surface area (Å²) in [5.74, 6) is 2.13. The van der Waals surface area contributed by atoms with Crippen molar-refractivity contribution in [1.29, 1.82) is 0 Å². The molecule has 40 heavy (non-hydrogen) atoms. The molecule has 1 heterocycles. The molecule has 0 amide bonds. The van der Waals surface area contributed by atoms with Gasteiger partial charge in [0.2, 0.25) is 0 Å². The first-order valence-corrected chi connectivity index (χ1v) is 14.3. The SMILES string of the molecule is C=C(NC(Cc1cccc(N)c1)c1nc2ccc(OC)cc2s1)OC(C)(C)C.CC.COc1ccc(N)c(S)c1. The van der Waals surface area contributed by atoms with Crippen LogP contribution in [0.15, 0.2) is 78.0 Å². The number of benzene rings is 3. The van der Waals surface area contributed by atoms with E-state index in [0.717, 1.165) is 42.9 Å². The van der Waals surface area contributed by atoms with Crippen LogP contribution in [0.4, 0.5) is 11.4 Å². The Hall–Kier alpha value is -3.56. The predicted octanol–water partition coefficient (Wildman–Crippen LogP) is 7.64. The third-order valence-electron chi connectivity index (χ3n) is 5.30. The number of hydrogen-bond donors (Lipinski definition) is 4. The van der Waals surface area contributed by atoms with Crippen LogP contribution in [0.3, 0.4) is 0 Å². The molecule has 0 spiro atoms. The molecule has 0 bridgehead atoms. The molecule has 0 saturated heterocycles. The normalized spacial score (nSPS) is 11.3. The molecule has 3 aromatic carbocycles. The topological polar surface area (TPSA) is 105 Å². The summed E-state index contributed by atoms with van der Waals surface area (Å²) in [4.78, 5) is 5.58. The van der Waals surface area contributed by atoms with Crippen molar-refractivity contribution >= 4 is 45.6 Å². The van der Waals surface area contributed by atoms with Crippen LogP contribution in [0.1, 0.15) is 51.2 Å². The summed E-state index contributed by atoms with van der Waals surface area (Å²) in [7, 11) is 3.28. The van der Waals surface area contributed by atoms with E-state index in [4.69, 9.17) is 30.7 Å². The zero-order valence-corrected chi connectivity index (χ0v) is 26.2. The highest BCUT2D eigenvalue weighted by atomic mass is 32.1. The van der Waals surface area contributed by atoms with Gasteiger partial charge >= 0.3 is 0 Å². The van der Waals surface area contributed by atoms with Crippen molar-refractivity contribution in [2.24, 2.45) is 0 Å². The standard InChI is InChI=1S/C22H27N3O2S.C7H9NOS.C2H6/c1-14(27-22(2,3)4)24-19(12-15-7-6-8-16(23)11-15)21-25-18-10-9-17(26-5)13-20(18)28-21;1-9-5-2-3-6(8)7(10)4-5;1-2/h6-11,13,19,24H,1,12,23H2,2-5H3;2-4,10H,8H2,1H3;1-2H3. The van der Waals surface area contributed by atoms with Crippen molar-refractivity contribution in [1.82, 2.24) is 10.3 Å². The van der Waals surface area contributed by atoms with E-state index in [9.17, 15) is 0 Å². The summed E-state index contributed by atoms with van der Waals surface area (Å²) in [5, 5.41) is 4.37. The number of thiazole rings is 1. The number of hydrogen-bond acceptors (Lipinski definition) is 9. The number of ether oxygens (including phenoxy) is 3. The average molecular weight is 583 g/mol. The fourth-order valence-electron chi connectivity index (χ4n) is 3.60. The van der Waals surface area contributed by atoms with E-state index in [2.05, 4.69) is 30.6 Å². The summed E-state index contributed by atoms with van der Waals surface area (Å²) < 4.78 is 17.2. The number of thiol groups is 1.